The number of rotatable bonds is 3. The van der Waals surface area contributed by atoms with Crippen LogP contribution >= 0.6 is 0 Å². The Morgan fingerprint density at radius 3 is 2.64 bits per heavy atom. The van der Waals surface area contributed by atoms with E-state index in [0.29, 0.717) is 35.2 Å². The second kappa shape index (κ2) is 7.22. The first-order chi connectivity index (χ1) is 13.1. The van der Waals surface area contributed by atoms with Gasteiger partial charge < -0.3 is 10.1 Å². The van der Waals surface area contributed by atoms with E-state index in [-0.39, 0.29) is 11.5 Å². The predicted octanol–water partition coefficient (Wildman–Crippen LogP) is 3.90. The Morgan fingerprint density at radius 1 is 1.29 bits per heavy atom. The summed E-state index contributed by atoms with van der Waals surface area (Å²) >= 11 is 0. The molecule has 28 heavy (non-hydrogen) atoms. The maximum Gasteiger partial charge on any atom is 0.337 e. The number of carbonyl (C=O) groups excluding carboxylic acids is 2. The lowest BCUT2D eigenvalue weighted by Gasteiger charge is -2.35. The summed E-state index contributed by atoms with van der Waals surface area (Å²) in [4.78, 5) is 36.6. The molecule has 0 radical (unpaired) electrons. The molecule has 1 unspecified atom stereocenters. The Hall–Kier alpha value is -2.96. The normalized spacial score (nSPS) is 19.9. The summed E-state index contributed by atoms with van der Waals surface area (Å²) in [7, 11) is 0. The highest BCUT2D eigenvalue weighted by atomic mass is 16.6. The van der Waals surface area contributed by atoms with Gasteiger partial charge in [-0.05, 0) is 46.1 Å². The minimum atomic E-state index is -0.706. The quantitative estimate of drug-likeness (QED) is 0.482. The number of nitro groups is 1. The lowest BCUT2D eigenvalue weighted by Crippen LogP contribution is -2.36. The zero-order valence-corrected chi connectivity index (χ0v) is 16.5. The van der Waals surface area contributed by atoms with Gasteiger partial charge in [0.05, 0.1) is 10.5 Å². The van der Waals surface area contributed by atoms with Crippen molar-refractivity contribution in [3.8, 4) is 0 Å². The molecular formula is C21H24N2O5. The SMILES string of the molecule is CC1=C(C(=O)OC(C)(C)C)C(c2cccc([N+](=O)[O-])c2)C2=C(CCCC2=O)N1. The Balaban J connectivity index is 2.17. The highest BCUT2D eigenvalue weighted by Crippen LogP contribution is 2.43. The molecule has 1 aliphatic heterocycles. The van der Waals surface area contributed by atoms with Crippen LogP contribution in [0, 0.1) is 10.1 Å². The molecule has 1 aliphatic carbocycles. The van der Waals surface area contributed by atoms with Gasteiger partial charge in [0.15, 0.2) is 5.78 Å². The largest absolute Gasteiger partial charge is 0.457 e. The second-order valence-corrected chi connectivity index (χ2v) is 8.12. The molecule has 0 amide bonds. The maximum atomic E-state index is 13.0. The average molecular weight is 384 g/mol. The van der Waals surface area contributed by atoms with Gasteiger partial charge in [0.25, 0.3) is 5.69 Å². The third-order valence-electron chi connectivity index (χ3n) is 4.81. The number of hydrogen-bond donors (Lipinski definition) is 1. The smallest absolute Gasteiger partial charge is 0.337 e. The lowest BCUT2D eigenvalue weighted by atomic mass is 9.75. The van der Waals surface area contributed by atoms with Gasteiger partial charge in [-0.15, -0.1) is 0 Å². The zero-order chi connectivity index (χ0) is 20.6. The van der Waals surface area contributed by atoms with Crippen molar-refractivity contribution in [3.05, 3.63) is 62.5 Å². The lowest BCUT2D eigenvalue weighted by molar-refractivity contribution is -0.384. The van der Waals surface area contributed by atoms with Gasteiger partial charge in [0, 0.05) is 41.4 Å². The molecule has 1 aromatic rings. The number of nitro benzene ring substituents is 1. The number of allylic oxidation sites excluding steroid dienone is 3. The van der Waals surface area contributed by atoms with Gasteiger partial charge in [-0.25, -0.2) is 4.79 Å². The van der Waals surface area contributed by atoms with E-state index in [2.05, 4.69) is 5.32 Å². The molecule has 0 saturated carbocycles. The van der Waals surface area contributed by atoms with Gasteiger partial charge in [0.2, 0.25) is 0 Å². The van der Waals surface area contributed by atoms with Gasteiger partial charge in [0.1, 0.15) is 5.60 Å². The highest BCUT2D eigenvalue weighted by molar-refractivity contribution is 6.03. The molecule has 148 valence electrons. The Kier molecular flexibility index (Phi) is 5.10. The van der Waals surface area contributed by atoms with Gasteiger partial charge in [-0.3, -0.25) is 14.9 Å². The van der Waals surface area contributed by atoms with E-state index in [4.69, 9.17) is 4.74 Å². The summed E-state index contributed by atoms with van der Waals surface area (Å²) in [6.45, 7) is 7.09. The van der Waals surface area contributed by atoms with Crippen molar-refractivity contribution in [1.29, 1.82) is 0 Å². The molecule has 2 aliphatic rings. The van der Waals surface area contributed by atoms with Gasteiger partial charge >= 0.3 is 5.97 Å². The van der Waals surface area contributed by atoms with Gasteiger partial charge in [-0.1, -0.05) is 12.1 Å². The van der Waals surface area contributed by atoms with Crippen molar-refractivity contribution in [1.82, 2.24) is 5.32 Å². The van der Waals surface area contributed by atoms with Crippen LogP contribution in [0.2, 0.25) is 0 Å². The fraction of sp³-hybridized carbons (Fsp3) is 0.429. The molecule has 1 aromatic carbocycles. The molecule has 0 spiro atoms. The maximum absolute atomic E-state index is 13.0. The molecule has 0 saturated heterocycles. The van der Waals surface area contributed by atoms with Crippen LogP contribution in [0.4, 0.5) is 5.69 Å². The summed E-state index contributed by atoms with van der Waals surface area (Å²) in [6, 6.07) is 6.12. The monoisotopic (exact) mass is 384 g/mol. The molecule has 7 nitrogen and oxygen atoms in total. The molecule has 7 heteroatoms. The molecular weight excluding hydrogens is 360 g/mol. The molecule has 0 fully saturated rings. The number of benzene rings is 1. The average Bonchev–Trinajstić information content (AvgIpc) is 2.59. The fourth-order valence-corrected chi connectivity index (χ4v) is 3.74. The van der Waals surface area contributed by atoms with E-state index in [1.54, 1.807) is 39.8 Å². The molecule has 1 heterocycles. The first kappa shape index (κ1) is 19.8. The van der Waals surface area contributed by atoms with Crippen molar-refractivity contribution >= 4 is 17.4 Å². The number of ether oxygens (including phenoxy) is 1. The van der Waals surface area contributed by atoms with Crippen LogP contribution in [-0.2, 0) is 14.3 Å². The van der Waals surface area contributed by atoms with Crippen LogP contribution in [0.25, 0.3) is 0 Å². The molecule has 1 N–H and O–H groups in total. The molecule has 0 bridgehead atoms. The number of nitrogens with one attached hydrogen (secondary N) is 1. The van der Waals surface area contributed by atoms with E-state index in [1.807, 2.05) is 0 Å². The molecule has 3 rings (SSSR count). The third-order valence-corrected chi connectivity index (χ3v) is 4.81. The van der Waals surface area contributed by atoms with Crippen LogP contribution in [0.15, 0.2) is 46.8 Å². The second-order valence-electron chi connectivity index (χ2n) is 8.12. The summed E-state index contributed by atoms with van der Waals surface area (Å²) in [5.41, 5.74) is 1.99. The van der Waals surface area contributed by atoms with Crippen molar-refractivity contribution < 1.29 is 19.2 Å². The minimum absolute atomic E-state index is 0.0428. The summed E-state index contributed by atoms with van der Waals surface area (Å²) in [5.74, 6) is -1.25. The van der Waals surface area contributed by atoms with E-state index in [9.17, 15) is 19.7 Å². The van der Waals surface area contributed by atoms with E-state index in [1.165, 1.54) is 12.1 Å². The van der Waals surface area contributed by atoms with E-state index >= 15 is 0 Å². The third kappa shape index (κ3) is 3.83. The Morgan fingerprint density at radius 2 is 2.00 bits per heavy atom. The van der Waals surface area contributed by atoms with Crippen molar-refractivity contribution in [3.63, 3.8) is 0 Å². The fourth-order valence-electron chi connectivity index (χ4n) is 3.74. The summed E-state index contributed by atoms with van der Waals surface area (Å²) < 4.78 is 5.59. The number of carbonyl (C=O) groups is 2. The van der Waals surface area contributed by atoms with Crippen LogP contribution < -0.4 is 5.32 Å². The van der Waals surface area contributed by atoms with Crippen molar-refractivity contribution in [2.45, 2.75) is 58.5 Å². The predicted molar refractivity (Wildman–Crippen MR) is 103 cm³/mol. The topological polar surface area (TPSA) is 98.5 Å². The zero-order valence-electron chi connectivity index (χ0n) is 16.5. The Bertz CT molecular complexity index is 921. The number of esters is 1. The summed E-state index contributed by atoms with van der Waals surface area (Å²) in [5, 5.41) is 14.5. The summed E-state index contributed by atoms with van der Waals surface area (Å²) in [6.07, 6.45) is 1.83. The van der Waals surface area contributed by atoms with Crippen molar-refractivity contribution in [2.75, 3.05) is 0 Å². The van der Waals surface area contributed by atoms with E-state index in [0.717, 1.165) is 12.1 Å². The van der Waals surface area contributed by atoms with Crippen LogP contribution in [0.1, 0.15) is 58.4 Å². The van der Waals surface area contributed by atoms with E-state index < -0.39 is 22.4 Å². The minimum Gasteiger partial charge on any atom is -0.457 e. The van der Waals surface area contributed by atoms with Crippen LogP contribution in [0.3, 0.4) is 0 Å². The number of Topliss-reactive ketones (excluding diaryl/α,β-unsaturated/α-hetero) is 1. The number of nitrogens with zero attached hydrogens (tertiary/aromatic N) is 1. The first-order valence-electron chi connectivity index (χ1n) is 9.30. The first-order valence-corrected chi connectivity index (χ1v) is 9.30. The molecule has 1 atom stereocenters. The number of ketones is 1. The standard InChI is InChI=1S/C21H24N2O5/c1-12-17(20(25)28-21(2,3)4)18(13-7-5-8-14(11-13)23(26)27)19-15(22-12)9-6-10-16(19)24/h5,7-8,11,18,22H,6,9-10H2,1-4H3. The highest BCUT2D eigenvalue weighted by Gasteiger charge is 2.40. The van der Waals surface area contributed by atoms with Crippen LogP contribution in [-0.4, -0.2) is 22.3 Å². The number of non-ortho nitro benzene ring substituents is 1. The van der Waals surface area contributed by atoms with Crippen molar-refractivity contribution in [2.24, 2.45) is 0 Å². The number of hydrogen-bond acceptors (Lipinski definition) is 6. The van der Waals surface area contributed by atoms with Crippen LogP contribution in [0.5, 0.6) is 0 Å². The van der Waals surface area contributed by atoms with Gasteiger partial charge in [-0.2, -0.15) is 0 Å². The Labute approximate surface area is 163 Å². The number of dihydropyridines is 1. The molecule has 0 aromatic heterocycles.